The number of carbonyl (C=O) groups excluding carboxylic acids is 1. The maximum Gasteiger partial charge on any atom is 0.234 e. The van der Waals surface area contributed by atoms with Gasteiger partial charge in [-0.1, -0.05) is 30.3 Å². The van der Waals surface area contributed by atoms with Crippen molar-refractivity contribution in [1.82, 2.24) is 0 Å². The molecular formula is C17H18BrNOS. The van der Waals surface area contributed by atoms with Crippen LogP contribution in [0.3, 0.4) is 0 Å². The SMILES string of the molecule is Cc1ccc(NC(=O)CSCc2ccccc2C)c(Br)c1. The first-order valence-electron chi connectivity index (χ1n) is 6.74. The third kappa shape index (κ3) is 4.90. The summed E-state index contributed by atoms with van der Waals surface area (Å²) >= 11 is 5.10. The Balaban J connectivity index is 1.84. The van der Waals surface area contributed by atoms with Gasteiger partial charge in [0.15, 0.2) is 0 Å². The number of nitrogens with one attached hydrogen (secondary N) is 1. The molecule has 1 N–H and O–H groups in total. The number of thioether (sulfide) groups is 1. The summed E-state index contributed by atoms with van der Waals surface area (Å²) in [5.74, 6) is 1.34. The Morgan fingerprint density at radius 3 is 2.67 bits per heavy atom. The molecule has 0 bridgehead atoms. The van der Waals surface area contributed by atoms with Crippen LogP contribution in [0.2, 0.25) is 0 Å². The van der Waals surface area contributed by atoms with E-state index >= 15 is 0 Å². The summed E-state index contributed by atoms with van der Waals surface area (Å²) in [6.45, 7) is 4.12. The molecule has 0 spiro atoms. The summed E-state index contributed by atoms with van der Waals surface area (Å²) in [5, 5.41) is 2.93. The van der Waals surface area contributed by atoms with Crippen molar-refractivity contribution in [3.05, 3.63) is 63.6 Å². The minimum atomic E-state index is 0.0261. The lowest BCUT2D eigenvalue weighted by Crippen LogP contribution is -2.14. The first kappa shape index (κ1) is 16.1. The van der Waals surface area contributed by atoms with E-state index < -0.39 is 0 Å². The summed E-state index contributed by atoms with van der Waals surface area (Å²) in [6, 6.07) is 14.2. The molecule has 0 aliphatic heterocycles. The molecule has 2 nitrogen and oxygen atoms in total. The monoisotopic (exact) mass is 363 g/mol. The summed E-state index contributed by atoms with van der Waals surface area (Å²) in [6.07, 6.45) is 0. The molecule has 0 saturated heterocycles. The summed E-state index contributed by atoms with van der Waals surface area (Å²) in [7, 11) is 0. The van der Waals surface area contributed by atoms with Crippen molar-refractivity contribution in [2.24, 2.45) is 0 Å². The van der Waals surface area contributed by atoms with Crippen molar-refractivity contribution in [2.45, 2.75) is 19.6 Å². The van der Waals surface area contributed by atoms with Gasteiger partial charge in [0.05, 0.1) is 11.4 Å². The predicted molar refractivity (Wildman–Crippen MR) is 94.8 cm³/mol. The fourth-order valence-corrected chi connectivity index (χ4v) is 3.43. The van der Waals surface area contributed by atoms with Crippen LogP contribution in [0, 0.1) is 13.8 Å². The second-order valence-electron chi connectivity index (χ2n) is 4.95. The molecule has 0 radical (unpaired) electrons. The molecule has 21 heavy (non-hydrogen) atoms. The van der Waals surface area contributed by atoms with Gasteiger partial charge in [-0.25, -0.2) is 0 Å². The van der Waals surface area contributed by atoms with Gasteiger partial charge in [0.2, 0.25) is 5.91 Å². The van der Waals surface area contributed by atoms with E-state index in [-0.39, 0.29) is 5.91 Å². The zero-order chi connectivity index (χ0) is 15.2. The van der Waals surface area contributed by atoms with E-state index in [0.29, 0.717) is 5.75 Å². The molecule has 0 heterocycles. The number of carbonyl (C=O) groups is 1. The molecule has 1 amide bonds. The summed E-state index contributed by atoms with van der Waals surface area (Å²) < 4.78 is 0.916. The van der Waals surface area contributed by atoms with E-state index in [1.807, 2.05) is 37.3 Å². The maximum atomic E-state index is 12.0. The fraction of sp³-hybridized carbons (Fsp3) is 0.235. The van der Waals surface area contributed by atoms with Crippen molar-refractivity contribution in [3.63, 3.8) is 0 Å². The number of amides is 1. The lowest BCUT2D eigenvalue weighted by Gasteiger charge is -2.09. The topological polar surface area (TPSA) is 29.1 Å². The molecule has 2 aromatic rings. The zero-order valence-corrected chi connectivity index (χ0v) is 14.6. The normalized spacial score (nSPS) is 10.4. The molecule has 2 aromatic carbocycles. The van der Waals surface area contributed by atoms with Crippen LogP contribution in [0.15, 0.2) is 46.9 Å². The Bertz CT molecular complexity index is 642. The standard InChI is InChI=1S/C17H18BrNOS/c1-12-7-8-16(15(18)9-12)19-17(20)11-21-10-14-6-4-3-5-13(14)2/h3-9H,10-11H2,1-2H3,(H,19,20). The molecule has 4 heteroatoms. The molecule has 0 aromatic heterocycles. The minimum absolute atomic E-state index is 0.0261. The van der Waals surface area contributed by atoms with Crippen LogP contribution in [-0.4, -0.2) is 11.7 Å². The van der Waals surface area contributed by atoms with Gasteiger partial charge in [-0.05, 0) is 58.6 Å². The number of aryl methyl sites for hydroxylation is 2. The Morgan fingerprint density at radius 2 is 1.95 bits per heavy atom. The quantitative estimate of drug-likeness (QED) is 0.814. The smallest absolute Gasteiger partial charge is 0.234 e. The van der Waals surface area contributed by atoms with Crippen LogP contribution in [-0.2, 0) is 10.5 Å². The van der Waals surface area contributed by atoms with Crippen LogP contribution in [0.1, 0.15) is 16.7 Å². The first-order chi connectivity index (χ1) is 10.1. The highest BCUT2D eigenvalue weighted by Gasteiger charge is 2.06. The van der Waals surface area contributed by atoms with E-state index in [0.717, 1.165) is 21.5 Å². The number of rotatable bonds is 5. The van der Waals surface area contributed by atoms with Crippen molar-refractivity contribution in [2.75, 3.05) is 11.1 Å². The highest BCUT2D eigenvalue weighted by atomic mass is 79.9. The first-order valence-corrected chi connectivity index (χ1v) is 8.69. The summed E-state index contributed by atoms with van der Waals surface area (Å²) in [5.41, 5.74) is 4.54. The minimum Gasteiger partial charge on any atom is -0.324 e. The Labute approximate surface area is 138 Å². The molecule has 0 aliphatic rings. The molecule has 0 aliphatic carbocycles. The van der Waals surface area contributed by atoms with Crippen molar-refractivity contribution in [1.29, 1.82) is 0 Å². The number of hydrogen-bond acceptors (Lipinski definition) is 2. The van der Waals surface area contributed by atoms with Gasteiger partial charge in [0, 0.05) is 10.2 Å². The molecule has 0 atom stereocenters. The number of halogens is 1. The van der Waals surface area contributed by atoms with E-state index in [4.69, 9.17) is 0 Å². The fourth-order valence-electron chi connectivity index (χ4n) is 1.93. The number of anilines is 1. The van der Waals surface area contributed by atoms with E-state index in [9.17, 15) is 4.79 Å². The van der Waals surface area contributed by atoms with Crippen molar-refractivity contribution >= 4 is 39.3 Å². The third-order valence-corrected chi connectivity index (χ3v) is 4.79. The van der Waals surface area contributed by atoms with Crippen LogP contribution in [0.25, 0.3) is 0 Å². The highest BCUT2D eigenvalue weighted by molar-refractivity contribution is 9.10. The Hall–Kier alpha value is -1.26. The van der Waals surface area contributed by atoms with Crippen LogP contribution in [0.4, 0.5) is 5.69 Å². The maximum absolute atomic E-state index is 12.0. The average molecular weight is 364 g/mol. The van der Waals surface area contributed by atoms with E-state index in [1.54, 1.807) is 11.8 Å². The predicted octanol–water partition coefficient (Wildman–Crippen LogP) is 4.94. The zero-order valence-electron chi connectivity index (χ0n) is 12.2. The van der Waals surface area contributed by atoms with Crippen LogP contribution in [0.5, 0.6) is 0 Å². The van der Waals surface area contributed by atoms with E-state index in [1.165, 1.54) is 11.1 Å². The van der Waals surface area contributed by atoms with Gasteiger partial charge in [0.25, 0.3) is 0 Å². The number of hydrogen-bond donors (Lipinski definition) is 1. The molecule has 0 unspecified atom stereocenters. The van der Waals surface area contributed by atoms with Crippen molar-refractivity contribution in [3.8, 4) is 0 Å². The van der Waals surface area contributed by atoms with Gasteiger partial charge < -0.3 is 5.32 Å². The molecule has 0 fully saturated rings. The summed E-state index contributed by atoms with van der Waals surface area (Å²) in [4.78, 5) is 12.0. The lowest BCUT2D eigenvalue weighted by atomic mass is 10.1. The van der Waals surface area contributed by atoms with Gasteiger partial charge >= 0.3 is 0 Å². The largest absolute Gasteiger partial charge is 0.324 e. The molecule has 0 saturated carbocycles. The Morgan fingerprint density at radius 1 is 1.19 bits per heavy atom. The average Bonchev–Trinajstić information content (AvgIpc) is 2.44. The third-order valence-electron chi connectivity index (χ3n) is 3.15. The molecular weight excluding hydrogens is 346 g/mol. The van der Waals surface area contributed by atoms with Gasteiger partial charge in [0.1, 0.15) is 0 Å². The Kier molecular flexibility index (Phi) is 5.88. The number of benzene rings is 2. The van der Waals surface area contributed by atoms with Gasteiger partial charge in [-0.2, -0.15) is 0 Å². The second-order valence-corrected chi connectivity index (χ2v) is 6.79. The molecule has 110 valence electrons. The second kappa shape index (κ2) is 7.66. The van der Waals surface area contributed by atoms with Gasteiger partial charge in [-0.15, -0.1) is 11.8 Å². The lowest BCUT2D eigenvalue weighted by molar-refractivity contribution is -0.113. The molecule has 2 rings (SSSR count). The van der Waals surface area contributed by atoms with E-state index in [2.05, 4.69) is 40.3 Å². The van der Waals surface area contributed by atoms with Gasteiger partial charge in [-0.3, -0.25) is 4.79 Å². The van der Waals surface area contributed by atoms with Crippen molar-refractivity contribution < 1.29 is 4.79 Å². The van der Waals surface area contributed by atoms with Crippen LogP contribution >= 0.6 is 27.7 Å². The highest BCUT2D eigenvalue weighted by Crippen LogP contribution is 2.24. The van der Waals surface area contributed by atoms with Crippen LogP contribution < -0.4 is 5.32 Å².